The Morgan fingerprint density at radius 2 is 2.18 bits per heavy atom. The first-order chi connectivity index (χ1) is 13.4. The number of carbonyl (C=O) groups excluding carboxylic acids is 1. The number of aromatic nitrogens is 1. The zero-order chi connectivity index (χ0) is 20.3. The maximum Gasteiger partial charge on any atom is 0.266 e. The Morgan fingerprint density at radius 1 is 1.39 bits per heavy atom. The molecule has 0 aliphatic carbocycles. The van der Waals surface area contributed by atoms with Gasteiger partial charge in [0.15, 0.2) is 0 Å². The highest BCUT2D eigenvalue weighted by molar-refractivity contribution is 6.30. The van der Waals surface area contributed by atoms with E-state index in [1.807, 2.05) is 32.9 Å². The number of halogens is 1. The maximum absolute atomic E-state index is 12.6. The number of anilines is 1. The third-order valence-electron chi connectivity index (χ3n) is 5.12. The van der Waals surface area contributed by atoms with Crippen molar-refractivity contribution >= 4 is 29.3 Å². The molecule has 6 heteroatoms. The monoisotopic (exact) mass is 397 g/mol. The summed E-state index contributed by atoms with van der Waals surface area (Å²) in [6.45, 7) is 7.51. The molecule has 1 N–H and O–H groups in total. The fourth-order valence-corrected chi connectivity index (χ4v) is 3.73. The van der Waals surface area contributed by atoms with Crippen molar-refractivity contribution in [2.45, 2.75) is 46.3 Å². The van der Waals surface area contributed by atoms with Crippen LogP contribution in [0.15, 0.2) is 29.8 Å². The Hall–Kier alpha value is -2.55. The molecule has 1 aliphatic rings. The van der Waals surface area contributed by atoms with Crippen LogP contribution in [-0.4, -0.2) is 23.2 Å². The minimum Gasteiger partial charge on any atom is -0.376 e. The van der Waals surface area contributed by atoms with Crippen LogP contribution in [0, 0.1) is 32.1 Å². The van der Waals surface area contributed by atoms with Gasteiger partial charge in [-0.1, -0.05) is 11.6 Å². The lowest BCUT2D eigenvalue weighted by Gasteiger charge is -2.14. The summed E-state index contributed by atoms with van der Waals surface area (Å²) >= 11 is 5.96. The first-order valence-electron chi connectivity index (χ1n) is 9.36. The average molecular weight is 398 g/mol. The van der Waals surface area contributed by atoms with Crippen molar-refractivity contribution in [1.82, 2.24) is 4.57 Å². The summed E-state index contributed by atoms with van der Waals surface area (Å²) in [5, 5.41) is 12.9. The van der Waals surface area contributed by atoms with Crippen LogP contribution in [-0.2, 0) is 16.1 Å². The SMILES string of the molecule is Cc1cc(Cl)ccc1NC(=O)/C(C#N)=C/c1cc(C)n(CC2CCCO2)c1C. The molecule has 1 amide bonds. The van der Waals surface area contributed by atoms with Gasteiger partial charge in [-0.05, 0) is 75.1 Å². The van der Waals surface area contributed by atoms with Gasteiger partial charge in [0.2, 0.25) is 0 Å². The van der Waals surface area contributed by atoms with Crippen molar-refractivity contribution in [3.05, 3.63) is 57.4 Å². The van der Waals surface area contributed by atoms with Crippen molar-refractivity contribution in [3.63, 3.8) is 0 Å². The molecule has 1 unspecified atom stereocenters. The third-order valence-corrected chi connectivity index (χ3v) is 5.36. The van der Waals surface area contributed by atoms with E-state index in [0.29, 0.717) is 10.7 Å². The molecular weight excluding hydrogens is 374 g/mol. The smallest absolute Gasteiger partial charge is 0.266 e. The first-order valence-corrected chi connectivity index (χ1v) is 9.74. The fraction of sp³-hybridized carbons (Fsp3) is 0.364. The Kier molecular flexibility index (Phi) is 6.23. The van der Waals surface area contributed by atoms with Gasteiger partial charge in [0.05, 0.1) is 6.10 Å². The fourth-order valence-electron chi connectivity index (χ4n) is 3.51. The number of rotatable bonds is 5. The number of aryl methyl sites for hydroxylation is 2. The van der Waals surface area contributed by atoms with Gasteiger partial charge < -0.3 is 14.6 Å². The molecule has 5 nitrogen and oxygen atoms in total. The molecule has 146 valence electrons. The standard InChI is InChI=1S/C22H24ClN3O2/c1-14-9-19(23)6-7-21(14)25-22(27)18(12-24)11-17-10-15(2)26(16(17)3)13-20-5-4-8-28-20/h6-7,9-11,20H,4-5,8,13H2,1-3H3,(H,25,27)/b18-11+. The number of nitrogens with zero attached hydrogens (tertiary/aromatic N) is 2. The zero-order valence-corrected chi connectivity index (χ0v) is 17.1. The van der Waals surface area contributed by atoms with Gasteiger partial charge in [-0.3, -0.25) is 4.79 Å². The van der Waals surface area contributed by atoms with Crippen molar-refractivity contribution < 1.29 is 9.53 Å². The second-order valence-corrected chi connectivity index (χ2v) is 7.59. The molecule has 1 aliphatic heterocycles. The Morgan fingerprint density at radius 3 is 2.82 bits per heavy atom. The van der Waals surface area contributed by atoms with E-state index in [-0.39, 0.29) is 11.7 Å². The van der Waals surface area contributed by atoms with Crippen LogP contribution in [0.3, 0.4) is 0 Å². The molecule has 2 heterocycles. The number of nitrogens with one attached hydrogen (secondary N) is 1. The van der Waals surface area contributed by atoms with Gasteiger partial charge in [0, 0.05) is 35.2 Å². The lowest BCUT2D eigenvalue weighted by atomic mass is 10.1. The number of ether oxygens (including phenoxy) is 1. The summed E-state index contributed by atoms with van der Waals surface area (Å²) < 4.78 is 7.93. The second-order valence-electron chi connectivity index (χ2n) is 7.16. The number of hydrogen-bond acceptors (Lipinski definition) is 3. The van der Waals surface area contributed by atoms with Gasteiger partial charge in [0.1, 0.15) is 11.6 Å². The molecule has 1 aromatic carbocycles. The predicted octanol–water partition coefficient (Wildman–Crippen LogP) is 4.79. The number of benzene rings is 1. The summed E-state index contributed by atoms with van der Waals surface area (Å²) in [6.07, 6.45) is 4.04. The summed E-state index contributed by atoms with van der Waals surface area (Å²) in [6, 6.07) is 9.23. The molecule has 1 fully saturated rings. The quantitative estimate of drug-likeness (QED) is 0.582. The highest BCUT2D eigenvalue weighted by atomic mass is 35.5. The highest BCUT2D eigenvalue weighted by Crippen LogP contribution is 2.23. The lowest BCUT2D eigenvalue weighted by Crippen LogP contribution is -2.17. The van der Waals surface area contributed by atoms with E-state index < -0.39 is 5.91 Å². The molecule has 2 aromatic rings. The van der Waals surface area contributed by atoms with Crippen LogP contribution >= 0.6 is 11.6 Å². The second kappa shape index (κ2) is 8.64. The van der Waals surface area contributed by atoms with Crippen molar-refractivity contribution in [1.29, 1.82) is 5.26 Å². The van der Waals surface area contributed by atoms with E-state index in [2.05, 4.69) is 9.88 Å². The Balaban J connectivity index is 1.82. The van der Waals surface area contributed by atoms with Crippen molar-refractivity contribution in [3.8, 4) is 6.07 Å². The van der Waals surface area contributed by atoms with Crippen LogP contribution in [0.4, 0.5) is 5.69 Å². The lowest BCUT2D eigenvalue weighted by molar-refractivity contribution is -0.112. The first kappa shape index (κ1) is 20.2. The molecule has 28 heavy (non-hydrogen) atoms. The van der Waals surface area contributed by atoms with Crippen LogP contribution in [0.25, 0.3) is 6.08 Å². The number of carbonyl (C=O) groups is 1. The number of hydrogen-bond donors (Lipinski definition) is 1. The highest BCUT2D eigenvalue weighted by Gasteiger charge is 2.19. The van der Waals surface area contributed by atoms with E-state index in [9.17, 15) is 10.1 Å². The summed E-state index contributed by atoms with van der Waals surface area (Å²) in [5.74, 6) is -0.433. The van der Waals surface area contributed by atoms with Gasteiger partial charge in [-0.15, -0.1) is 0 Å². The zero-order valence-electron chi connectivity index (χ0n) is 16.4. The molecule has 0 spiro atoms. The molecule has 0 radical (unpaired) electrons. The molecular formula is C22H24ClN3O2. The summed E-state index contributed by atoms with van der Waals surface area (Å²) in [7, 11) is 0. The molecule has 3 rings (SSSR count). The molecule has 0 saturated carbocycles. The van der Waals surface area contributed by atoms with E-state index in [0.717, 1.165) is 48.5 Å². The molecule has 0 bridgehead atoms. The molecule has 1 atom stereocenters. The summed E-state index contributed by atoms with van der Waals surface area (Å²) in [4.78, 5) is 12.6. The van der Waals surface area contributed by atoms with E-state index in [4.69, 9.17) is 16.3 Å². The van der Waals surface area contributed by atoms with Gasteiger partial charge in [0.25, 0.3) is 5.91 Å². The summed E-state index contributed by atoms with van der Waals surface area (Å²) in [5.41, 5.74) is 4.52. The Bertz CT molecular complexity index is 963. The largest absolute Gasteiger partial charge is 0.376 e. The minimum atomic E-state index is -0.433. The predicted molar refractivity (Wildman–Crippen MR) is 111 cm³/mol. The van der Waals surface area contributed by atoms with Crippen molar-refractivity contribution in [2.24, 2.45) is 0 Å². The van der Waals surface area contributed by atoms with Gasteiger partial charge in [-0.2, -0.15) is 5.26 Å². The normalized spacial score (nSPS) is 16.8. The van der Waals surface area contributed by atoms with Crippen LogP contribution in [0.2, 0.25) is 5.02 Å². The maximum atomic E-state index is 12.6. The van der Waals surface area contributed by atoms with Crippen LogP contribution in [0.5, 0.6) is 0 Å². The average Bonchev–Trinajstić information content (AvgIpc) is 3.26. The Labute approximate surface area is 170 Å². The van der Waals surface area contributed by atoms with Crippen molar-refractivity contribution in [2.75, 3.05) is 11.9 Å². The number of nitriles is 1. The minimum absolute atomic E-state index is 0.0618. The third kappa shape index (κ3) is 4.46. The van der Waals surface area contributed by atoms with E-state index in [1.165, 1.54) is 0 Å². The van der Waals surface area contributed by atoms with Crippen LogP contribution < -0.4 is 5.32 Å². The number of amides is 1. The van der Waals surface area contributed by atoms with E-state index >= 15 is 0 Å². The molecule has 1 aromatic heterocycles. The van der Waals surface area contributed by atoms with Gasteiger partial charge >= 0.3 is 0 Å². The van der Waals surface area contributed by atoms with E-state index in [1.54, 1.807) is 24.3 Å². The molecule has 1 saturated heterocycles. The topological polar surface area (TPSA) is 67.0 Å². The van der Waals surface area contributed by atoms with Crippen LogP contribution in [0.1, 0.15) is 35.4 Å². The van der Waals surface area contributed by atoms with Gasteiger partial charge in [-0.25, -0.2) is 0 Å².